The molecule has 30 heavy (non-hydrogen) atoms. The molecule has 1 heterocycles. The van der Waals surface area contributed by atoms with Crippen molar-refractivity contribution in [3.63, 3.8) is 0 Å². The average Bonchev–Trinajstić information content (AvgIpc) is 3.00. The van der Waals surface area contributed by atoms with Gasteiger partial charge in [-0.2, -0.15) is 0 Å². The number of aliphatic hydroxyl groups excluding tert-OH is 1. The number of aromatic carboxylic acids is 1. The molecule has 0 amide bonds. The van der Waals surface area contributed by atoms with Crippen molar-refractivity contribution < 1.29 is 34.1 Å². The smallest absolute Gasteiger partial charge is 0.335 e. The zero-order valence-corrected chi connectivity index (χ0v) is 17.9. The lowest BCUT2D eigenvalue weighted by molar-refractivity contribution is -0.167. The van der Waals surface area contributed by atoms with Crippen LogP contribution < -0.4 is 0 Å². The summed E-state index contributed by atoms with van der Waals surface area (Å²) in [5.41, 5.74) is -0.200. The van der Waals surface area contributed by atoms with Crippen LogP contribution in [-0.2, 0) is 19.1 Å². The van der Waals surface area contributed by atoms with Crippen molar-refractivity contribution in [1.82, 2.24) is 0 Å². The van der Waals surface area contributed by atoms with E-state index in [0.29, 0.717) is 23.0 Å². The van der Waals surface area contributed by atoms with Crippen LogP contribution in [0.1, 0.15) is 56.5 Å². The predicted octanol–water partition coefficient (Wildman–Crippen LogP) is 3.31. The predicted molar refractivity (Wildman–Crippen MR) is 111 cm³/mol. The van der Waals surface area contributed by atoms with Crippen LogP contribution in [0.2, 0.25) is 0 Å². The molecule has 2 rings (SSSR count). The second-order valence-corrected chi connectivity index (χ2v) is 8.52. The summed E-state index contributed by atoms with van der Waals surface area (Å²) in [5, 5.41) is 18.8. The number of carbonyl (C=O) groups excluding carboxylic acids is 2. The lowest BCUT2D eigenvalue weighted by Crippen LogP contribution is -2.39. The fourth-order valence-electron chi connectivity index (χ4n) is 3.67. The highest BCUT2D eigenvalue weighted by Gasteiger charge is 2.44. The maximum Gasteiger partial charge on any atom is 0.335 e. The number of esters is 2. The summed E-state index contributed by atoms with van der Waals surface area (Å²) in [7, 11) is 0. The average molecular weight is 418 g/mol. The van der Waals surface area contributed by atoms with Crippen molar-refractivity contribution >= 4 is 24.0 Å². The first kappa shape index (κ1) is 23.6. The Morgan fingerprint density at radius 2 is 1.77 bits per heavy atom. The molecular weight excluding hydrogens is 388 g/mol. The Morgan fingerprint density at radius 1 is 1.17 bits per heavy atom. The zero-order valence-electron chi connectivity index (χ0n) is 17.9. The van der Waals surface area contributed by atoms with E-state index in [1.165, 1.54) is 12.1 Å². The Labute approximate surface area is 176 Å². The van der Waals surface area contributed by atoms with E-state index in [-0.39, 0.29) is 36.9 Å². The van der Waals surface area contributed by atoms with E-state index in [1.807, 2.05) is 0 Å². The summed E-state index contributed by atoms with van der Waals surface area (Å²) in [5.74, 6) is -1.17. The summed E-state index contributed by atoms with van der Waals surface area (Å²) in [6.07, 6.45) is 1.94. The quantitative estimate of drug-likeness (QED) is 0.468. The fourth-order valence-corrected chi connectivity index (χ4v) is 3.67. The van der Waals surface area contributed by atoms with Gasteiger partial charge in [-0.1, -0.05) is 39.8 Å². The largest absolute Gasteiger partial charge is 0.478 e. The van der Waals surface area contributed by atoms with Crippen LogP contribution in [0.4, 0.5) is 0 Å². The maximum absolute atomic E-state index is 12.3. The van der Waals surface area contributed by atoms with E-state index < -0.39 is 24.1 Å². The van der Waals surface area contributed by atoms with Crippen molar-refractivity contribution in [2.24, 2.45) is 17.8 Å². The van der Waals surface area contributed by atoms with Crippen molar-refractivity contribution in [1.29, 1.82) is 0 Å². The number of carbonyl (C=O) groups is 3. The molecule has 1 fully saturated rings. The lowest BCUT2D eigenvalue weighted by Gasteiger charge is -2.26. The first-order chi connectivity index (χ1) is 14.1. The fraction of sp³-hybridized carbons (Fsp3) is 0.522. The molecule has 1 aromatic carbocycles. The van der Waals surface area contributed by atoms with E-state index in [9.17, 15) is 19.5 Å². The number of ether oxygens (including phenoxy) is 2. The Bertz CT molecular complexity index is 799. The van der Waals surface area contributed by atoms with Gasteiger partial charge in [0.05, 0.1) is 12.2 Å². The molecule has 0 aliphatic carbocycles. The summed E-state index contributed by atoms with van der Waals surface area (Å²) in [6.45, 7) is 7.56. The molecule has 1 saturated heterocycles. The topological polar surface area (TPSA) is 110 Å². The van der Waals surface area contributed by atoms with Gasteiger partial charge in [0.2, 0.25) is 0 Å². The highest BCUT2D eigenvalue weighted by Crippen LogP contribution is 2.33. The SMILES string of the molecule is CC(C)C(CC(=O)OCC1(CO)C/C(=C/c2ccc(C(=O)O)cc2)C(=O)O1)C(C)C. The van der Waals surface area contributed by atoms with E-state index in [1.54, 1.807) is 18.2 Å². The minimum absolute atomic E-state index is 0.0914. The maximum atomic E-state index is 12.3. The van der Waals surface area contributed by atoms with E-state index in [2.05, 4.69) is 27.7 Å². The number of cyclic esters (lactones) is 1. The van der Waals surface area contributed by atoms with Crippen LogP contribution in [0, 0.1) is 17.8 Å². The second kappa shape index (κ2) is 9.89. The molecule has 1 aliphatic rings. The molecule has 0 radical (unpaired) electrons. The van der Waals surface area contributed by atoms with Gasteiger partial charge in [0, 0.05) is 18.4 Å². The molecule has 1 aliphatic heterocycles. The molecule has 0 aromatic heterocycles. The van der Waals surface area contributed by atoms with Gasteiger partial charge in [-0.25, -0.2) is 9.59 Å². The number of hydrogen-bond acceptors (Lipinski definition) is 6. The first-order valence-electron chi connectivity index (χ1n) is 10.1. The Morgan fingerprint density at radius 3 is 2.27 bits per heavy atom. The molecular formula is C23H30O7. The molecule has 1 atom stereocenters. The third kappa shape index (κ3) is 5.92. The molecule has 0 saturated carbocycles. The highest BCUT2D eigenvalue weighted by atomic mass is 16.6. The molecule has 1 aromatic rings. The molecule has 7 heteroatoms. The van der Waals surface area contributed by atoms with Crippen LogP contribution in [0.3, 0.4) is 0 Å². The van der Waals surface area contributed by atoms with Gasteiger partial charge in [0.1, 0.15) is 6.61 Å². The Kier molecular flexibility index (Phi) is 7.78. The van der Waals surface area contributed by atoms with Gasteiger partial charge in [-0.15, -0.1) is 0 Å². The zero-order chi connectivity index (χ0) is 22.5. The van der Waals surface area contributed by atoms with Gasteiger partial charge >= 0.3 is 17.9 Å². The van der Waals surface area contributed by atoms with Crippen molar-refractivity contribution in [3.05, 3.63) is 41.0 Å². The van der Waals surface area contributed by atoms with Crippen LogP contribution in [0.5, 0.6) is 0 Å². The Hall–Kier alpha value is -2.67. The summed E-state index contributed by atoms with van der Waals surface area (Å²) < 4.78 is 10.7. The van der Waals surface area contributed by atoms with Crippen LogP contribution >= 0.6 is 0 Å². The number of rotatable bonds is 9. The number of benzene rings is 1. The summed E-state index contributed by atoms with van der Waals surface area (Å²) in [4.78, 5) is 35.5. The highest BCUT2D eigenvalue weighted by molar-refractivity contribution is 5.96. The second-order valence-electron chi connectivity index (χ2n) is 8.52. The van der Waals surface area contributed by atoms with E-state index in [4.69, 9.17) is 14.6 Å². The molecule has 2 N–H and O–H groups in total. The van der Waals surface area contributed by atoms with Crippen molar-refractivity contribution in [3.8, 4) is 0 Å². The third-order valence-electron chi connectivity index (χ3n) is 5.48. The molecule has 164 valence electrons. The van der Waals surface area contributed by atoms with Crippen molar-refractivity contribution in [2.45, 2.75) is 46.1 Å². The van der Waals surface area contributed by atoms with Gasteiger partial charge in [-0.05, 0) is 41.5 Å². The van der Waals surface area contributed by atoms with E-state index in [0.717, 1.165) is 0 Å². The van der Waals surface area contributed by atoms with Crippen LogP contribution in [0.15, 0.2) is 29.8 Å². The van der Waals surface area contributed by atoms with Crippen molar-refractivity contribution in [2.75, 3.05) is 13.2 Å². The summed E-state index contributed by atoms with van der Waals surface area (Å²) in [6, 6.07) is 6.05. The van der Waals surface area contributed by atoms with Gasteiger partial charge < -0.3 is 19.7 Å². The molecule has 0 spiro atoms. The minimum atomic E-state index is -1.30. The van der Waals surface area contributed by atoms with E-state index >= 15 is 0 Å². The number of carboxylic acid groups (broad SMARTS) is 1. The van der Waals surface area contributed by atoms with Gasteiger partial charge in [-0.3, -0.25) is 4.79 Å². The number of hydrogen-bond donors (Lipinski definition) is 2. The third-order valence-corrected chi connectivity index (χ3v) is 5.48. The Balaban J connectivity index is 2.05. The summed E-state index contributed by atoms with van der Waals surface area (Å²) >= 11 is 0. The number of carboxylic acids is 1. The van der Waals surface area contributed by atoms with Gasteiger partial charge in [0.25, 0.3) is 0 Å². The standard InChI is InChI=1S/C23H30O7/c1-14(2)19(15(3)4)10-20(25)29-13-23(12-24)11-18(22(28)30-23)9-16-5-7-17(8-6-16)21(26)27/h5-9,14-15,19,24H,10-13H2,1-4H3,(H,26,27)/b18-9-. The lowest BCUT2D eigenvalue weighted by atomic mass is 9.83. The molecule has 0 bridgehead atoms. The molecule has 7 nitrogen and oxygen atoms in total. The monoisotopic (exact) mass is 418 g/mol. The van der Waals surface area contributed by atoms with Crippen LogP contribution in [-0.4, -0.2) is 46.9 Å². The van der Waals surface area contributed by atoms with Gasteiger partial charge in [0.15, 0.2) is 5.60 Å². The van der Waals surface area contributed by atoms with Crippen LogP contribution in [0.25, 0.3) is 6.08 Å². The number of aliphatic hydroxyl groups is 1. The normalized spacial score (nSPS) is 20.3. The molecule has 1 unspecified atom stereocenters. The first-order valence-corrected chi connectivity index (χ1v) is 10.1. The minimum Gasteiger partial charge on any atom is -0.478 e.